The molecule has 0 atom stereocenters. The van der Waals surface area contributed by atoms with Gasteiger partial charge in [-0.2, -0.15) is 0 Å². The SMILES string of the molecule is Cl.Cl.Oc1ccc(-c2cc3cc4nc(cc5ccc(cc6nc(cc2[nH]3)C=C6)[nH]5)C=C4)cc1. The van der Waals surface area contributed by atoms with E-state index in [-0.39, 0.29) is 30.6 Å². The Hall–Kier alpha value is -3.80. The smallest absolute Gasteiger partial charge is 0.115 e. The molecule has 4 aromatic rings. The van der Waals surface area contributed by atoms with Crippen LogP contribution in [-0.2, 0) is 0 Å². The molecule has 3 N–H and O–H groups in total. The molecule has 0 spiro atoms. The Kier molecular flexibility index (Phi) is 6.09. The van der Waals surface area contributed by atoms with Crippen molar-refractivity contribution in [1.82, 2.24) is 19.9 Å². The average molecular weight is 475 g/mol. The molecule has 0 aliphatic carbocycles. The van der Waals surface area contributed by atoms with Crippen molar-refractivity contribution in [2.75, 3.05) is 0 Å². The molecule has 0 radical (unpaired) electrons. The standard InChI is InChI=1S/C26H18N4O.2ClH/c31-24-9-1-16(2-10-24)25-14-23-13-21-6-5-19(28-21)11-17-3-4-18(27-17)12-20-7-8-22(29-20)15-26(25)30-23;;/h1-15,27,30-31H;2*1H. The molecule has 5 heterocycles. The van der Waals surface area contributed by atoms with E-state index in [1.807, 2.05) is 72.8 Å². The van der Waals surface area contributed by atoms with Crippen molar-refractivity contribution < 1.29 is 5.11 Å². The zero-order valence-corrected chi connectivity index (χ0v) is 19.0. The number of phenols is 1. The predicted octanol–water partition coefficient (Wildman–Crippen LogP) is 6.87. The second-order valence-electron chi connectivity index (χ2n) is 7.64. The van der Waals surface area contributed by atoms with Crippen LogP contribution in [0, 0.1) is 0 Å². The van der Waals surface area contributed by atoms with Gasteiger partial charge >= 0.3 is 0 Å². The van der Waals surface area contributed by atoms with Crippen molar-refractivity contribution in [2.45, 2.75) is 0 Å². The van der Waals surface area contributed by atoms with Crippen LogP contribution in [-0.4, -0.2) is 25.0 Å². The number of aromatic hydroxyl groups is 1. The molecule has 1 aromatic carbocycles. The maximum atomic E-state index is 9.68. The molecule has 0 unspecified atom stereocenters. The molecule has 164 valence electrons. The maximum absolute atomic E-state index is 9.68. The third-order valence-corrected chi connectivity index (χ3v) is 5.35. The lowest BCUT2D eigenvalue weighted by molar-refractivity contribution is 0.475. The van der Waals surface area contributed by atoms with Gasteiger partial charge in [-0.1, -0.05) is 12.1 Å². The molecule has 0 saturated heterocycles. The summed E-state index contributed by atoms with van der Waals surface area (Å²) in [5.74, 6) is 0.247. The number of nitrogens with one attached hydrogen (secondary N) is 2. The first kappa shape index (κ1) is 22.4. The van der Waals surface area contributed by atoms with Crippen molar-refractivity contribution in [3.63, 3.8) is 0 Å². The quantitative estimate of drug-likeness (QED) is 0.243. The number of hydrogen-bond acceptors (Lipinski definition) is 3. The van der Waals surface area contributed by atoms with E-state index < -0.39 is 0 Å². The molecule has 0 fully saturated rings. The summed E-state index contributed by atoms with van der Waals surface area (Å²) in [7, 11) is 0. The zero-order valence-electron chi connectivity index (χ0n) is 17.3. The van der Waals surface area contributed by atoms with Crippen LogP contribution in [0.1, 0.15) is 22.8 Å². The van der Waals surface area contributed by atoms with Crippen LogP contribution in [0.3, 0.4) is 0 Å². The van der Waals surface area contributed by atoms with Crippen molar-refractivity contribution in [3.8, 4) is 16.9 Å². The van der Waals surface area contributed by atoms with Gasteiger partial charge in [-0.05, 0) is 84.5 Å². The molecule has 33 heavy (non-hydrogen) atoms. The van der Waals surface area contributed by atoms with Crippen LogP contribution in [0.15, 0.2) is 66.7 Å². The highest BCUT2D eigenvalue weighted by Gasteiger charge is 2.07. The Bertz CT molecular complexity index is 1550. The number of aromatic nitrogens is 4. The summed E-state index contributed by atoms with van der Waals surface area (Å²) in [6.07, 6.45) is 8.04. The number of nitrogens with zero attached hydrogens (tertiary/aromatic N) is 2. The minimum absolute atomic E-state index is 0. The van der Waals surface area contributed by atoms with Gasteiger partial charge in [0.2, 0.25) is 0 Å². The first-order valence-electron chi connectivity index (χ1n) is 10.1. The fraction of sp³-hybridized carbons (Fsp3) is 0. The number of phenolic OH excluding ortho intramolecular Hbond substituents is 1. The summed E-state index contributed by atoms with van der Waals surface area (Å²) in [4.78, 5) is 16.3. The molecule has 7 heteroatoms. The Morgan fingerprint density at radius 1 is 0.545 bits per heavy atom. The first-order valence-corrected chi connectivity index (χ1v) is 10.1. The first-order chi connectivity index (χ1) is 15.2. The van der Waals surface area contributed by atoms with Crippen LogP contribution in [0.25, 0.3) is 57.5 Å². The topological polar surface area (TPSA) is 77.6 Å². The van der Waals surface area contributed by atoms with E-state index in [9.17, 15) is 5.11 Å². The number of benzene rings is 1. The van der Waals surface area contributed by atoms with Crippen molar-refractivity contribution in [2.24, 2.45) is 0 Å². The third-order valence-electron chi connectivity index (χ3n) is 5.35. The van der Waals surface area contributed by atoms with E-state index in [0.29, 0.717) is 0 Å². The van der Waals surface area contributed by atoms with Gasteiger partial charge in [0, 0.05) is 27.6 Å². The van der Waals surface area contributed by atoms with Crippen LogP contribution >= 0.6 is 24.8 Å². The van der Waals surface area contributed by atoms with E-state index in [1.54, 1.807) is 12.1 Å². The van der Waals surface area contributed by atoms with Gasteiger partial charge in [0.05, 0.1) is 22.8 Å². The molecule has 0 amide bonds. The summed E-state index contributed by atoms with van der Waals surface area (Å²) in [6, 6.07) is 21.5. The number of aromatic amines is 2. The van der Waals surface area contributed by atoms with E-state index in [2.05, 4.69) is 16.0 Å². The second-order valence-corrected chi connectivity index (χ2v) is 7.64. The molecule has 5 nitrogen and oxygen atoms in total. The van der Waals surface area contributed by atoms with Crippen LogP contribution in [0.2, 0.25) is 0 Å². The lowest BCUT2D eigenvalue weighted by Crippen LogP contribution is -1.77. The minimum Gasteiger partial charge on any atom is -0.508 e. The maximum Gasteiger partial charge on any atom is 0.115 e. The lowest BCUT2D eigenvalue weighted by Gasteiger charge is -1.99. The number of fused-ring (bicyclic) bond motifs is 8. The van der Waals surface area contributed by atoms with Gasteiger partial charge in [-0.15, -0.1) is 24.8 Å². The minimum atomic E-state index is 0. The Morgan fingerprint density at radius 3 is 1.64 bits per heavy atom. The van der Waals surface area contributed by atoms with Gasteiger partial charge in [0.15, 0.2) is 0 Å². The van der Waals surface area contributed by atoms with Crippen molar-refractivity contribution in [1.29, 1.82) is 0 Å². The van der Waals surface area contributed by atoms with E-state index >= 15 is 0 Å². The van der Waals surface area contributed by atoms with Crippen LogP contribution in [0.4, 0.5) is 0 Å². The second kappa shape index (κ2) is 8.98. The number of halogens is 2. The molecule has 6 rings (SSSR count). The summed E-state index contributed by atoms with van der Waals surface area (Å²) < 4.78 is 0. The van der Waals surface area contributed by atoms with Crippen molar-refractivity contribution in [3.05, 3.63) is 89.5 Å². The highest BCUT2D eigenvalue weighted by molar-refractivity contribution is 5.88. The predicted molar refractivity (Wildman–Crippen MR) is 140 cm³/mol. The summed E-state index contributed by atoms with van der Waals surface area (Å²) in [6.45, 7) is 0. The Morgan fingerprint density at radius 2 is 1.06 bits per heavy atom. The van der Waals surface area contributed by atoms with Gasteiger partial charge < -0.3 is 15.1 Å². The normalized spacial score (nSPS) is 11.6. The van der Waals surface area contributed by atoms with Gasteiger partial charge in [-0.3, -0.25) is 0 Å². The van der Waals surface area contributed by atoms with E-state index in [0.717, 1.165) is 56.0 Å². The fourth-order valence-corrected chi connectivity index (χ4v) is 3.90. The molecule has 2 aliphatic heterocycles. The summed E-state index contributed by atoms with van der Waals surface area (Å²) >= 11 is 0. The molecule has 3 aromatic heterocycles. The molecule has 8 bridgehead atoms. The molecule has 0 saturated carbocycles. The van der Waals surface area contributed by atoms with E-state index in [1.165, 1.54) is 0 Å². The number of hydrogen-bond donors (Lipinski definition) is 3. The largest absolute Gasteiger partial charge is 0.508 e. The van der Waals surface area contributed by atoms with Gasteiger partial charge in [-0.25, -0.2) is 9.97 Å². The van der Waals surface area contributed by atoms with Crippen molar-refractivity contribution >= 4 is 71.2 Å². The average Bonchev–Trinajstić information content (AvgIpc) is 3.54. The molecular formula is C26H20Cl2N4O. The van der Waals surface area contributed by atoms with Gasteiger partial charge in [0.1, 0.15) is 5.75 Å². The zero-order chi connectivity index (χ0) is 20.8. The highest BCUT2D eigenvalue weighted by atomic mass is 35.5. The summed E-state index contributed by atoms with van der Waals surface area (Å²) in [5.41, 5.74) is 9.50. The molecule has 2 aliphatic rings. The number of H-pyrrole nitrogens is 2. The van der Waals surface area contributed by atoms with Gasteiger partial charge in [0.25, 0.3) is 0 Å². The lowest BCUT2D eigenvalue weighted by atomic mass is 10.1. The van der Waals surface area contributed by atoms with Crippen LogP contribution < -0.4 is 0 Å². The van der Waals surface area contributed by atoms with Crippen LogP contribution in [0.5, 0.6) is 5.75 Å². The Labute approximate surface area is 202 Å². The number of rotatable bonds is 1. The summed E-state index contributed by atoms with van der Waals surface area (Å²) in [5, 5.41) is 9.68. The monoisotopic (exact) mass is 474 g/mol. The molecular weight excluding hydrogens is 455 g/mol. The fourth-order valence-electron chi connectivity index (χ4n) is 3.90. The Balaban J connectivity index is 0.00000130. The third kappa shape index (κ3) is 4.55. The van der Waals surface area contributed by atoms with E-state index in [4.69, 9.17) is 9.97 Å². The highest BCUT2D eigenvalue weighted by Crippen LogP contribution is 2.29.